The quantitative estimate of drug-likeness (QED) is 0.590. The van der Waals surface area contributed by atoms with Crippen LogP contribution in [-0.4, -0.2) is 25.2 Å². The van der Waals surface area contributed by atoms with Crippen molar-refractivity contribution in [3.05, 3.63) is 63.0 Å². The number of H-pyrrole nitrogens is 1. The van der Waals surface area contributed by atoms with Crippen LogP contribution in [0.4, 0.5) is 11.5 Å². The summed E-state index contributed by atoms with van der Waals surface area (Å²) in [7, 11) is 0. The second kappa shape index (κ2) is 8.63. The third-order valence-electron chi connectivity index (χ3n) is 4.56. The normalized spacial score (nSPS) is 11.0. The fourth-order valence-electron chi connectivity index (χ4n) is 2.99. The summed E-state index contributed by atoms with van der Waals surface area (Å²) in [6.07, 6.45) is 6.03. The lowest BCUT2D eigenvalue weighted by molar-refractivity contribution is 0.0982. The molecule has 0 saturated heterocycles. The number of nitrogens with zero attached hydrogens (tertiary/aromatic N) is 4. The first-order valence-electron chi connectivity index (χ1n) is 9.45. The smallest absolute Gasteiger partial charge is 0.330 e. The van der Waals surface area contributed by atoms with Gasteiger partial charge in [0.2, 0.25) is 0 Å². The lowest BCUT2D eigenvalue weighted by Crippen LogP contribution is -2.40. The number of anilines is 2. The molecule has 29 heavy (non-hydrogen) atoms. The van der Waals surface area contributed by atoms with Crippen LogP contribution < -0.4 is 21.9 Å². The molecule has 3 aromatic rings. The number of hydrogen-bond acceptors (Lipinski definition) is 6. The summed E-state index contributed by atoms with van der Waals surface area (Å²) >= 11 is 0. The fourth-order valence-corrected chi connectivity index (χ4v) is 2.99. The Morgan fingerprint density at radius 2 is 2.14 bits per heavy atom. The van der Waals surface area contributed by atoms with Gasteiger partial charge in [-0.05, 0) is 25.5 Å². The number of hydrogen-bond donors (Lipinski definition) is 2. The molecule has 0 bridgehead atoms. The van der Waals surface area contributed by atoms with Crippen molar-refractivity contribution < 1.29 is 9.21 Å². The van der Waals surface area contributed by atoms with Gasteiger partial charge in [-0.25, -0.2) is 4.79 Å². The third kappa shape index (κ3) is 4.15. The molecular weight excluding hydrogens is 376 g/mol. The van der Waals surface area contributed by atoms with E-state index < -0.39 is 17.2 Å². The van der Waals surface area contributed by atoms with Gasteiger partial charge in [0.15, 0.2) is 5.69 Å². The first-order chi connectivity index (χ1) is 14.0. The van der Waals surface area contributed by atoms with Gasteiger partial charge in [-0.2, -0.15) is 5.10 Å². The molecule has 10 heteroatoms. The summed E-state index contributed by atoms with van der Waals surface area (Å²) in [5.41, 5.74) is 5.07. The van der Waals surface area contributed by atoms with Gasteiger partial charge in [-0.1, -0.05) is 13.3 Å². The largest absolute Gasteiger partial charge is 0.467 e. The zero-order valence-electron chi connectivity index (χ0n) is 16.4. The molecule has 3 heterocycles. The topological polar surface area (TPSA) is 132 Å². The zero-order valence-corrected chi connectivity index (χ0v) is 16.4. The fraction of sp³-hybridized carbons (Fsp3) is 0.368. The summed E-state index contributed by atoms with van der Waals surface area (Å²) in [6, 6.07) is 3.37. The maximum atomic E-state index is 13.3. The predicted molar refractivity (Wildman–Crippen MR) is 108 cm³/mol. The number of furan rings is 1. The standard InChI is InChI=1S/C19H24N6O4/c1-3-5-8-24-16(20)15(17(26)22-19(24)28)25(12-14-7-6-9-29-14)18(27)13-10-21-23(4-2)11-13/h6-7,9-11H,3-5,8,12,20H2,1-2H3,(H,22,26,28). The second-order valence-corrected chi connectivity index (χ2v) is 6.55. The molecule has 0 atom stereocenters. The minimum Gasteiger partial charge on any atom is -0.467 e. The van der Waals surface area contributed by atoms with Gasteiger partial charge in [0.1, 0.15) is 11.6 Å². The van der Waals surface area contributed by atoms with E-state index in [1.165, 1.54) is 21.9 Å². The van der Waals surface area contributed by atoms with Gasteiger partial charge in [0, 0.05) is 19.3 Å². The number of nitrogen functional groups attached to an aromatic ring is 1. The van der Waals surface area contributed by atoms with Crippen LogP contribution in [-0.2, 0) is 19.6 Å². The van der Waals surface area contributed by atoms with Crippen LogP contribution >= 0.6 is 0 Å². The van der Waals surface area contributed by atoms with Crippen molar-refractivity contribution in [2.45, 2.75) is 46.3 Å². The number of amides is 1. The van der Waals surface area contributed by atoms with Crippen molar-refractivity contribution in [3.63, 3.8) is 0 Å². The van der Waals surface area contributed by atoms with Crippen molar-refractivity contribution in [2.24, 2.45) is 0 Å². The molecule has 3 rings (SSSR count). The van der Waals surface area contributed by atoms with Crippen molar-refractivity contribution in [3.8, 4) is 0 Å². The average molecular weight is 400 g/mol. The highest BCUT2D eigenvalue weighted by Gasteiger charge is 2.27. The molecule has 0 fully saturated rings. The van der Waals surface area contributed by atoms with Crippen LogP contribution in [0.3, 0.4) is 0 Å². The van der Waals surface area contributed by atoms with E-state index in [9.17, 15) is 14.4 Å². The van der Waals surface area contributed by atoms with Crippen molar-refractivity contribution in [1.29, 1.82) is 0 Å². The molecule has 3 N–H and O–H groups in total. The minimum atomic E-state index is -0.733. The Labute approximate surface area is 166 Å². The SMILES string of the molecule is CCCCn1c(N)c(N(Cc2ccco2)C(=O)c2cnn(CC)c2)c(=O)[nH]c1=O. The number of aromatic nitrogens is 4. The number of aryl methyl sites for hydroxylation is 1. The van der Waals surface area contributed by atoms with Crippen LogP contribution in [0.5, 0.6) is 0 Å². The van der Waals surface area contributed by atoms with Crippen LogP contribution in [0.1, 0.15) is 42.8 Å². The number of nitrogens with two attached hydrogens (primary N) is 1. The second-order valence-electron chi connectivity index (χ2n) is 6.55. The Bertz CT molecular complexity index is 1090. The lowest BCUT2D eigenvalue weighted by atomic mass is 10.2. The van der Waals surface area contributed by atoms with Crippen LogP contribution in [0.25, 0.3) is 0 Å². The number of unbranched alkanes of at least 4 members (excludes halogenated alkanes) is 1. The number of carbonyl (C=O) groups is 1. The molecule has 0 radical (unpaired) electrons. The summed E-state index contributed by atoms with van der Waals surface area (Å²) < 4.78 is 8.24. The Balaban J connectivity index is 2.12. The van der Waals surface area contributed by atoms with E-state index in [-0.39, 0.29) is 18.1 Å². The molecule has 0 aliphatic rings. The molecule has 1 amide bonds. The highest BCUT2D eigenvalue weighted by atomic mass is 16.3. The Morgan fingerprint density at radius 3 is 2.76 bits per heavy atom. The monoisotopic (exact) mass is 400 g/mol. The van der Waals surface area contributed by atoms with Gasteiger partial charge >= 0.3 is 5.69 Å². The first-order valence-corrected chi connectivity index (χ1v) is 9.45. The van der Waals surface area contributed by atoms with Gasteiger partial charge in [-0.3, -0.25) is 28.7 Å². The minimum absolute atomic E-state index is 0.0254. The molecule has 0 saturated carbocycles. The third-order valence-corrected chi connectivity index (χ3v) is 4.56. The van der Waals surface area contributed by atoms with Crippen molar-refractivity contribution >= 4 is 17.4 Å². The molecule has 0 aromatic carbocycles. The molecule has 154 valence electrons. The molecule has 0 spiro atoms. The molecule has 3 aromatic heterocycles. The number of rotatable bonds is 8. The molecule has 0 unspecified atom stereocenters. The molecule has 0 aliphatic carbocycles. The summed E-state index contributed by atoms with van der Waals surface area (Å²) in [6.45, 7) is 4.78. The Morgan fingerprint density at radius 1 is 1.34 bits per heavy atom. The van der Waals surface area contributed by atoms with E-state index in [0.29, 0.717) is 30.8 Å². The summed E-state index contributed by atoms with van der Waals surface area (Å²) in [4.78, 5) is 41.6. The van der Waals surface area contributed by atoms with E-state index in [1.807, 2.05) is 13.8 Å². The summed E-state index contributed by atoms with van der Waals surface area (Å²) in [5.74, 6) is -0.0691. The number of nitrogens with one attached hydrogen (secondary N) is 1. The van der Waals surface area contributed by atoms with Gasteiger partial charge in [0.05, 0.1) is 24.6 Å². The maximum Gasteiger partial charge on any atom is 0.330 e. The van der Waals surface area contributed by atoms with Gasteiger partial charge in [0.25, 0.3) is 11.5 Å². The van der Waals surface area contributed by atoms with E-state index in [4.69, 9.17) is 10.2 Å². The van der Waals surface area contributed by atoms with Crippen molar-refractivity contribution in [2.75, 3.05) is 10.6 Å². The Hall–Kier alpha value is -3.56. The number of aromatic amines is 1. The van der Waals surface area contributed by atoms with E-state index in [1.54, 1.807) is 23.0 Å². The van der Waals surface area contributed by atoms with E-state index >= 15 is 0 Å². The molecule has 0 aliphatic heterocycles. The Kier molecular flexibility index (Phi) is 6.01. The van der Waals surface area contributed by atoms with Crippen molar-refractivity contribution in [1.82, 2.24) is 19.3 Å². The molecular formula is C19H24N6O4. The number of carbonyl (C=O) groups excluding carboxylic acids is 1. The lowest BCUT2D eigenvalue weighted by Gasteiger charge is -2.23. The maximum absolute atomic E-state index is 13.3. The zero-order chi connectivity index (χ0) is 21.0. The van der Waals surface area contributed by atoms with Gasteiger partial charge in [-0.15, -0.1) is 0 Å². The van der Waals surface area contributed by atoms with Crippen LogP contribution in [0, 0.1) is 0 Å². The predicted octanol–water partition coefficient (Wildman–Crippen LogP) is 1.58. The average Bonchev–Trinajstić information content (AvgIpc) is 3.38. The highest BCUT2D eigenvalue weighted by Crippen LogP contribution is 2.22. The van der Waals surface area contributed by atoms with E-state index in [2.05, 4.69) is 10.1 Å². The van der Waals surface area contributed by atoms with E-state index in [0.717, 1.165) is 6.42 Å². The van der Waals surface area contributed by atoms with Gasteiger partial charge < -0.3 is 10.2 Å². The molecule has 10 nitrogen and oxygen atoms in total. The highest BCUT2D eigenvalue weighted by molar-refractivity contribution is 6.06. The first kappa shape index (κ1) is 20.2. The summed E-state index contributed by atoms with van der Waals surface area (Å²) in [5, 5.41) is 4.12. The van der Waals surface area contributed by atoms with Crippen LogP contribution in [0.2, 0.25) is 0 Å². The van der Waals surface area contributed by atoms with Crippen LogP contribution in [0.15, 0.2) is 44.8 Å².